The van der Waals surface area contributed by atoms with Gasteiger partial charge in [-0.25, -0.2) is 13.1 Å². The molecular weight excluding hydrogens is 360 g/mol. The molecule has 4 atom stereocenters. The van der Waals surface area contributed by atoms with E-state index in [2.05, 4.69) is 5.32 Å². The van der Waals surface area contributed by atoms with Crippen molar-refractivity contribution < 1.29 is 27.9 Å². The Labute approximate surface area is 150 Å². The second-order valence-electron chi connectivity index (χ2n) is 6.51. The Kier molecular flexibility index (Phi) is 4.57. The number of carbonyl (C=O) groups is 3. The summed E-state index contributed by atoms with van der Waals surface area (Å²) in [6.45, 7) is 1.09. The molecular formula is C17H18N2O6S. The van der Waals surface area contributed by atoms with E-state index >= 15 is 0 Å². The van der Waals surface area contributed by atoms with Gasteiger partial charge in [0.05, 0.1) is 16.7 Å². The summed E-state index contributed by atoms with van der Waals surface area (Å²) >= 11 is 0. The smallest absolute Gasteiger partial charge is 0.307 e. The van der Waals surface area contributed by atoms with Crippen molar-refractivity contribution >= 4 is 33.5 Å². The number of carboxylic acid groups (broad SMARTS) is 1. The van der Waals surface area contributed by atoms with Crippen LogP contribution in [0.4, 0.5) is 5.69 Å². The van der Waals surface area contributed by atoms with Gasteiger partial charge in [0.2, 0.25) is 11.8 Å². The maximum atomic E-state index is 12.6. The van der Waals surface area contributed by atoms with Crippen LogP contribution in [0.3, 0.4) is 0 Å². The average Bonchev–Trinajstić information content (AvgIpc) is 3.15. The Morgan fingerprint density at radius 2 is 1.62 bits per heavy atom. The fourth-order valence-electron chi connectivity index (χ4n) is 3.71. The lowest BCUT2D eigenvalue weighted by Crippen LogP contribution is -2.36. The Balaban J connectivity index is 1.73. The maximum absolute atomic E-state index is 12.6. The van der Waals surface area contributed by atoms with Gasteiger partial charge >= 0.3 is 5.97 Å². The number of sulfonamides is 1. The molecule has 0 radical (unpaired) electrons. The number of fused-ring (bicyclic) bond motifs is 2. The zero-order valence-corrected chi connectivity index (χ0v) is 14.7. The first kappa shape index (κ1) is 18.1. The maximum Gasteiger partial charge on any atom is 0.307 e. The third kappa shape index (κ3) is 3.34. The van der Waals surface area contributed by atoms with E-state index in [4.69, 9.17) is 0 Å². The van der Waals surface area contributed by atoms with E-state index in [0.717, 1.165) is 6.92 Å². The summed E-state index contributed by atoms with van der Waals surface area (Å²) < 4.78 is 25.6. The quantitative estimate of drug-likeness (QED) is 0.655. The standard InChI is InChI=1S/C17H18N2O6S/c1-9(20)19-26(24,25)13-6-4-12(5-7-13)18-16(21)14-10-2-3-11(8-10)15(14)17(22)23/h2-7,10-11,14-15H,8H2,1H3,(H,18,21)(H,19,20)(H,22,23)/t10-,11+,14+,15+/m1/s1. The number of hydrogen-bond donors (Lipinski definition) is 3. The highest BCUT2D eigenvalue weighted by Crippen LogP contribution is 2.48. The lowest BCUT2D eigenvalue weighted by atomic mass is 9.82. The van der Waals surface area contributed by atoms with Gasteiger partial charge in [0.1, 0.15) is 0 Å². The van der Waals surface area contributed by atoms with Crippen LogP contribution in [0.2, 0.25) is 0 Å². The monoisotopic (exact) mass is 378 g/mol. The molecule has 2 aliphatic carbocycles. The number of carboxylic acids is 1. The zero-order valence-electron chi connectivity index (χ0n) is 13.9. The Hall–Kier alpha value is -2.68. The number of anilines is 1. The van der Waals surface area contributed by atoms with Crippen LogP contribution in [-0.4, -0.2) is 31.3 Å². The largest absolute Gasteiger partial charge is 0.481 e. The van der Waals surface area contributed by atoms with Crippen LogP contribution < -0.4 is 10.0 Å². The fraction of sp³-hybridized carbons (Fsp3) is 0.353. The van der Waals surface area contributed by atoms with Crippen LogP contribution in [0.15, 0.2) is 41.3 Å². The predicted molar refractivity (Wildman–Crippen MR) is 91.4 cm³/mol. The first-order chi connectivity index (χ1) is 12.2. The molecule has 1 fully saturated rings. The van der Waals surface area contributed by atoms with Crippen molar-refractivity contribution in [2.75, 3.05) is 5.32 Å². The van der Waals surface area contributed by atoms with E-state index < -0.39 is 39.6 Å². The molecule has 1 aromatic carbocycles. The number of benzene rings is 1. The number of amides is 2. The molecule has 26 heavy (non-hydrogen) atoms. The van der Waals surface area contributed by atoms with Crippen molar-refractivity contribution in [3.8, 4) is 0 Å². The third-order valence-corrected chi connectivity index (χ3v) is 6.21. The minimum Gasteiger partial charge on any atom is -0.481 e. The van der Waals surface area contributed by atoms with Gasteiger partial charge in [-0.3, -0.25) is 14.4 Å². The second-order valence-corrected chi connectivity index (χ2v) is 8.20. The van der Waals surface area contributed by atoms with Gasteiger partial charge in [-0.1, -0.05) is 12.2 Å². The van der Waals surface area contributed by atoms with Crippen molar-refractivity contribution in [2.45, 2.75) is 18.2 Å². The molecule has 2 amide bonds. The molecule has 0 spiro atoms. The van der Waals surface area contributed by atoms with Gasteiger partial charge in [0.15, 0.2) is 0 Å². The average molecular weight is 378 g/mol. The molecule has 0 aliphatic heterocycles. The van der Waals surface area contributed by atoms with Crippen LogP contribution in [-0.2, 0) is 24.4 Å². The van der Waals surface area contributed by atoms with Gasteiger partial charge in [-0.05, 0) is 42.5 Å². The second kappa shape index (κ2) is 6.56. The van der Waals surface area contributed by atoms with Crippen molar-refractivity contribution in [1.29, 1.82) is 0 Å². The molecule has 0 heterocycles. The zero-order chi connectivity index (χ0) is 19.1. The highest BCUT2D eigenvalue weighted by Gasteiger charge is 2.51. The van der Waals surface area contributed by atoms with Crippen molar-refractivity contribution in [2.24, 2.45) is 23.7 Å². The summed E-state index contributed by atoms with van der Waals surface area (Å²) in [6.07, 6.45) is 4.40. The lowest BCUT2D eigenvalue weighted by molar-refractivity contribution is -0.146. The summed E-state index contributed by atoms with van der Waals surface area (Å²) in [5.41, 5.74) is 0.354. The van der Waals surface area contributed by atoms with Gasteiger partial charge in [0.25, 0.3) is 10.0 Å². The molecule has 0 unspecified atom stereocenters. The molecule has 1 aromatic rings. The third-order valence-electron chi connectivity index (χ3n) is 4.76. The van der Waals surface area contributed by atoms with Crippen LogP contribution in [0.5, 0.6) is 0 Å². The van der Waals surface area contributed by atoms with E-state index in [0.29, 0.717) is 12.1 Å². The minimum absolute atomic E-state index is 0.0967. The SMILES string of the molecule is CC(=O)NS(=O)(=O)c1ccc(NC(=O)[C@@H]2[C@@H](C(=O)O)[C@H]3C=C[C@@H]2C3)cc1. The summed E-state index contributed by atoms with van der Waals surface area (Å²) in [5.74, 6) is -3.70. The van der Waals surface area contributed by atoms with Crippen molar-refractivity contribution in [1.82, 2.24) is 4.72 Å². The van der Waals surface area contributed by atoms with Gasteiger partial charge in [-0.2, -0.15) is 0 Å². The van der Waals surface area contributed by atoms with E-state index in [1.807, 2.05) is 16.9 Å². The first-order valence-corrected chi connectivity index (χ1v) is 9.53. The summed E-state index contributed by atoms with van der Waals surface area (Å²) in [7, 11) is -3.95. The first-order valence-electron chi connectivity index (χ1n) is 8.04. The van der Waals surface area contributed by atoms with Crippen LogP contribution in [0.1, 0.15) is 13.3 Å². The molecule has 1 saturated carbocycles. The topological polar surface area (TPSA) is 130 Å². The van der Waals surface area contributed by atoms with E-state index in [-0.39, 0.29) is 16.7 Å². The number of nitrogens with one attached hydrogen (secondary N) is 2. The van der Waals surface area contributed by atoms with Gasteiger partial charge in [-0.15, -0.1) is 0 Å². The highest BCUT2D eigenvalue weighted by molar-refractivity contribution is 7.90. The normalized spacial score (nSPS) is 26.5. The number of allylic oxidation sites excluding steroid dienone is 2. The predicted octanol–water partition coefficient (Wildman–Crippen LogP) is 0.973. The lowest BCUT2D eigenvalue weighted by Gasteiger charge is -2.23. The van der Waals surface area contributed by atoms with Crippen molar-refractivity contribution in [3.63, 3.8) is 0 Å². The molecule has 3 N–H and O–H groups in total. The van der Waals surface area contributed by atoms with Gasteiger partial charge in [0, 0.05) is 12.6 Å². The van der Waals surface area contributed by atoms with Crippen LogP contribution in [0.25, 0.3) is 0 Å². The Bertz CT molecular complexity index is 890. The minimum atomic E-state index is -3.95. The molecule has 8 nitrogen and oxygen atoms in total. The van der Waals surface area contributed by atoms with E-state index in [9.17, 15) is 27.9 Å². The highest BCUT2D eigenvalue weighted by atomic mass is 32.2. The number of hydrogen-bond acceptors (Lipinski definition) is 5. The molecule has 0 saturated heterocycles. The summed E-state index contributed by atoms with van der Waals surface area (Å²) in [6, 6.07) is 5.31. The van der Waals surface area contributed by atoms with E-state index in [1.54, 1.807) is 0 Å². The number of aliphatic carboxylic acids is 1. The van der Waals surface area contributed by atoms with Gasteiger partial charge < -0.3 is 10.4 Å². The van der Waals surface area contributed by atoms with Crippen LogP contribution in [0, 0.1) is 23.7 Å². The fourth-order valence-corrected chi connectivity index (χ4v) is 4.70. The number of carbonyl (C=O) groups excluding carboxylic acids is 2. The molecule has 3 rings (SSSR count). The Morgan fingerprint density at radius 1 is 1.04 bits per heavy atom. The molecule has 0 aromatic heterocycles. The summed E-state index contributed by atoms with van der Waals surface area (Å²) in [5, 5.41) is 12.1. The molecule has 2 aliphatic rings. The number of rotatable bonds is 5. The Morgan fingerprint density at radius 3 is 2.15 bits per heavy atom. The summed E-state index contributed by atoms with van der Waals surface area (Å²) in [4.78, 5) is 34.9. The van der Waals surface area contributed by atoms with E-state index in [1.165, 1.54) is 24.3 Å². The van der Waals surface area contributed by atoms with Crippen molar-refractivity contribution in [3.05, 3.63) is 36.4 Å². The molecule has 138 valence electrons. The van der Waals surface area contributed by atoms with Crippen LogP contribution >= 0.6 is 0 Å². The molecule has 2 bridgehead atoms. The molecule has 9 heteroatoms.